The smallest absolute Gasteiger partial charge is 0.311 e. The fourth-order valence-corrected chi connectivity index (χ4v) is 7.18. The molecule has 4 aliphatic carbocycles. The summed E-state index contributed by atoms with van der Waals surface area (Å²) in [5.74, 6) is 0.740. The molecule has 1 aromatic carbocycles. The Bertz CT molecular complexity index is 949. The van der Waals surface area contributed by atoms with Gasteiger partial charge in [0.15, 0.2) is 5.11 Å². The summed E-state index contributed by atoms with van der Waals surface area (Å²) in [7, 11) is -0.705. The summed E-state index contributed by atoms with van der Waals surface area (Å²) < 4.78 is 27.1. The van der Waals surface area contributed by atoms with E-state index in [0.29, 0.717) is 23.4 Å². The van der Waals surface area contributed by atoms with Gasteiger partial charge in [-0.1, -0.05) is 29.8 Å². The Morgan fingerprint density at radius 3 is 2.38 bits per heavy atom. The van der Waals surface area contributed by atoms with Gasteiger partial charge in [-0.05, 0) is 75.1 Å². The lowest BCUT2D eigenvalue weighted by molar-refractivity contribution is -0.141. The Labute approximate surface area is 178 Å². The molecule has 1 N–H and O–H groups in total. The van der Waals surface area contributed by atoms with Gasteiger partial charge in [-0.2, -0.15) is 12.8 Å². The normalized spacial score (nSPS) is 31.9. The van der Waals surface area contributed by atoms with Crippen LogP contribution in [0, 0.1) is 18.8 Å². The number of benzene rings is 1. The number of thiocarbonyl (C=S) groups is 1. The maximum absolute atomic E-state index is 13.5. The highest BCUT2D eigenvalue weighted by molar-refractivity contribution is 7.80. The predicted molar refractivity (Wildman–Crippen MR) is 115 cm³/mol. The van der Waals surface area contributed by atoms with Crippen LogP contribution in [0.5, 0.6) is 0 Å². The second-order valence-electron chi connectivity index (χ2n) is 9.16. The van der Waals surface area contributed by atoms with Gasteiger partial charge in [-0.25, -0.2) is 0 Å². The van der Waals surface area contributed by atoms with Crippen molar-refractivity contribution < 1.29 is 13.2 Å². The lowest BCUT2D eigenvalue weighted by Crippen LogP contribution is -2.68. The number of amides is 1. The lowest BCUT2D eigenvalue weighted by Gasteiger charge is -2.62. The first kappa shape index (κ1) is 20.5. The van der Waals surface area contributed by atoms with E-state index in [2.05, 4.69) is 9.68 Å². The molecule has 5 rings (SSSR count). The van der Waals surface area contributed by atoms with Gasteiger partial charge in [-0.3, -0.25) is 9.69 Å². The van der Waals surface area contributed by atoms with E-state index in [4.69, 9.17) is 12.2 Å². The molecule has 4 saturated carbocycles. The molecule has 4 fully saturated rings. The summed E-state index contributed by atoms with van der Waals surface area (Å²) in [5.41, 5.74) is 1.07. The van der Waals surface area contributed by atoms with Crippen LogP contribution < -0.4 is 5.32 Å². The number of nitrogens with zero attached hydrogens (tertiary/aromatic N) is 2. The molecule has 1 aromatic rings. The van der Waals surface area contributed by atoms with Crippen molar-refractivity contribution in [1.29, 1.82) is 0 Å². The molecule has 2 unspecified atom stereocenters. The first-order valence-corrected chi connectivity index (χ1v) is 11.6. The molecular weight excluding hydrogens is 406 g/mol. The molecule has 2 atom stereocenters. The average molecular weight is 434 g/mol. The number of hydrogen-bond acceptors (Lipinski definition) is 5. The van der Waals surface area contributed by atoms with E-state index >= 15 is 0 Å². The van der Waals surface area contributed by atoms with E-state index in [0.717, 1.165) is 43.2 Å². The molecule has 0 aliphatic heterocycles. The molecule has 8 heteroatoms. The standard InChI is InChI=1S/C21H27N3O3S2/c1-14-3-5-15(6-4-14)8-18(25)24(19(28)22-2)21-11-16-7-17(12-21)10-20(9-16,13-21)23-29(26)27/h3-6,16-17H,7-13H2,1-2H3,(H,22,28). The van der Waals surface area contributed by atoms with Crippen LogP contribution in [0.2, 0.25) is 0 Å². The van der Waals surface area contributed by atoms with Crippen molar-refractivity contribution in [3.05, 3.63) is 35.4 Å². The number of nitrogens with one attached hydrogen (secondary N) is 1. The maximum atomic E-state index is 13.5. The summed E-state index contributed by atoms with van der Waals surface area (Å²) in [6.45, 7) is 2.02. The largest absolute Gasteiger partial charge is 0.365 e. The van der Waals surface area contributed by atoms with Crippen molar-refractivity contribution >= 4 is 33.7 Å². The van der Waals surface area contributed by atoms with Gasteiger partial charge >= 0.3 is 10.5 Å². The predicted octanol–water partition coefficient (Wildman–Crippen LogP) is 3.02. The van der Waals surface area contributed by atoms with Gasteiger partial charge in [-0.15, -0.1) is 0 Å². The van der Waals surface area contributed by atoms with Crippen LogP contribution in [0.3, 0.4) is 0 Å². The van der Waals surface area contributed by atoms with Crippen molar-refractivity contribution in [3.63, 3.8) is 0 Å². The van der Waals surface area contributed by atoms with E-state index in [1.807, 2.05) is 31.2 Å². The molecule has 0 spiro atoms. The number of aryl methyl sites for hydroxylation is 1. The van der Waals surface area contributed by atoms with Crippen molar-refractivity contribution in [2.75, 3.05) is 7.05 Å². The highest BCUT2D eigenvalue weighted by Gasteiger charge is 2.61. The molecule has 6 nitrogen and oxygen atoms in total. The molecular formula is C21H27N3O3S2. The number of carbonyl (C=O) groups is 1. The first-order chi connectivity index (χ1) is 13.7. The van der Waals surface area contributed by atoms with Gasteiger partial charge < -0.3 is 5.32 Å². The van der Waals surface area contributed by atoms with Gasteiger partial charge in [0.25, 0.3) is 0 Å². The second kappa shape index (κ2) is 7.47. The Kier molecular flexibility index (Phi) is 5.27. The third-order valence-electron chi connectivity index (χ3n) is 6.88. The summed E-state index contributed by atoms with van der Waals surface area (Å²) in [4.78, 5) is 15.3. The van der Waals surface area contributed by atoms with Crippen LogP contribution in [0.4, 0.5) is 0 Å². The minimum absolute atomic E-state index is 0.0338. The zero-order valence-corrected chi connectivity index (χ0v) is 18.5. The third kappa shape index (κ3) is 3.84. The van der Waals surface area contributed by atoms with E-state index in [-0.39, 0.29) is 12.3 Å². The lowest BCUT2D eigenvalue weighted by atomic mass is 9.49. The SMILES string of the molecule is CNC(=S)N(C(=O)Cc1ccc(C)cc1)C12CC3CC(CC(N=S(=O)=O)(C3)C1)C2. The number of hydrogen-bond donors (Lipinski definition) is 1. The Hall–Kier alpha value is -1.80. The maximum Gasteiger partial charge on any atom is 0.311 e. The Morgan fingerprint density at radius 2 is 1.83 bits per heavy atom. The van der Waals surface area contributed by atoms with Crippen molar-refractivity contribution in [3.8, 4) is 0 Å². The van der Waals surface area contributed by atoms with Gasteiger partial charge in [0.1, 0.15) is 0 Å². The highest BCUT2D eigenvalue weighted by atomic mass is 32.2. The van der Waals surface area contributed by atoms with E-state index in [1.165, 1.54) is 0 Å². The molecule has 29 heavy (non-hydrogen) atoms. The van der Waals surface area contributed by atoms with Crippen molar-refractivity contribution in [1.82, 2.24) is 10.2 Å². The van der Waals surface area contributed by atoms with E-state index in [1.54, 1.807) is 11.9 Å². The van der Waals surface area contributed by atoms with Crippen LogP contribution in [0.15, 0.2) is 28.6 Å². The summed E-state index contributed by atoms with van der Waals surface area (Å²) >= 11 is 5.59. The topological polar surface area (TPSA) is 78.8 Å². The quantitative estimate of drug-likeness (QED) is 0.739. The van der Waals surface area contributed by atoms with Gasteiger partial charge in [0, 0.05) is 7.05 Å². The fourth-order valence-electron chi connectivity index (χ4n) is 6.36. The second-order valence-corrected chi connectivity index (χ2v) is 10.2. The summed E-state index contributed by atoms with van der Waals surface area (Å²) in [6.07, 6.45) is 5.27. The average Bonchev–Trinajstić information content (AvgIpc) is 2.61. The van der Waals surface area contributed by atoms with Crippen LogP contribution in [-0.2, 0) is 21.7 Å². The zero-order chi connectivity index (χ0) is 20.8. The van der Waals surface area contributed by atoms with Gasteiger partial charge in [0.2, 0.25) is 5.91 Å². The molecule has 1 amide bonds. The van der Waals surface area contributed by atoms with Crippen molar-refractivity contribution in [2.24, 2.45) is 16.2 Å². The van der Waals surface area contributed by atoms with E-state index in [9.17, 15) is 13.2 Å². The minimum Gasteiger partial charge on any atom is -0.365 e. The monoisotopic (exact) mass is 433 g/mol. The van der Waals surface area contributed by atoms with Crippen LogP contribution >= 0.6 is 12.2 Å². The Morgan fingerprint density at radius 1 is 1.21 bits per heavy atom. The fraction of sp³-hybridized carbons (Fsp3) is 0.619. The number of carbonyl (C=O) groups excluding carboxylic acids is 1. The highest BCUT2D eigenvalue weighted by Crippen LogP contribution is 2.61. The zero-order valence-electron chi connectivity index (χ0n) is 16.8. The molecule has 0 radical (unpaired) electrons. The van der Waals surface area contributed by atoms with Crippen molar-refractivity contribution in [2.45, 2.75) is 62.9 Å². The third-order valence-corrected chi connectivity index (χ3v) is 7.81. The minimum atomic E-state index is -2.44. The molecule has 0 saturated heterocycles. The van der Waals surface area contributed by atoms with Gasteiger partial charge in [0.05, 0.1) is 17.5 Å². The summed E-state index contributed by atoms with van der Waals surface area (Å²) in [5, 5.41) is 3.42. The van der Waals surface area contributed by atoms with E-state index < -0.39 is 21.6 Å². The van der Waals surface area contributed by atoms with Crippen LogP contribution in [0.25, 0.3) is 0 Å². The number of rotatable bonds is 4. The Balaban J connectivity index is 1.69. The summed E-state index contributed by atoms with van der Waals surface area (Å²) in [6, 6.07) is 7.97. The molecule has 4 bridgehead atoms. The van der Waals surface area contributed by atoms with Crippen LogP contribution in [0.1, 0.15) is 49.7 Å². The molecule has 156 valence electrons. The molecule has 0 heterocycles. The molecule has 0 aromatic heterocycles. The van der Waals surface area contributed by atoms with Crippen LogP contribution in [-0.4, -0.2) is 42.5 Å². The first-order valence-electron chi connectivity index (χ1n) is 10.2. The molecule has 4 aliphatic rings.